The normalized spacial score (nSPS) is 10.4. The van der Waals surface area contributed by atoms with Gasteiger partial charge in [-0.25, -0.2) is 4.79 Å². The lowest BCUT2D eigenvalue weighted by atomic mass is 10.2. The molecule has 31 heavy (non-hydrogen) atoms. The van der Waals surface area contributed by atoms with E-state index in [4.69, 9.17) is 25.5 Å². The average molecular weight is 464 g/mol. The summed E-state index contributed by atoms with van der Waals surface area (Å²) in [5, 5.41) is 10.9. The van der Waals surface area contributed by atoms with Crippen LogP contribution >= 0.6 is 23.4 Å². The molecule has 1 heterocycles. The SMILES string of the molecule is COC(=O)c1ccc(Cl)c(NC(=O)CSc2nnc(COc3ccc(OC)cc3)o2)c1. The second kappa shape index (κ2) is 10.7. The number of aromatic nitrogens is 2. The minimum atomic E-state index is -0.531. The van der Waals surface area contributed by atoms with E-state index in [0.717, 1.165) is 17.5 Å². The van der Waals surface area contributed by atoms with E-state index in [9.17, 15) is 9.59 Å². The van der Waals surface area contributed by atoms with Gasteiger partial charge in [0.15, 0.2) is 6.61 Å². The van der Waals surface area contributed by atoms with Crippen LogP contribution in [0.5, 0.6) is 11.5 Å². The minimum Gasteiger partial charge on any atom is -0.497 e. The summed E-state index contributed by atoms with van der Waals surface area (Å²) in [5.41, 5.74) is 0.572. The molecule has 0 bridgehead atoms. The molecule has 0 fully saturated rings. The van der Waals surface area contributed by atoms with Gasteiger partial charge in [-0.15, -0.1) is 10.2 Å². The average Bonchev–Trinajstić information content (AvgIpc) is 3.25. The fraction of sp³-hybridized carbons (Fsp3) is 0.200. The number of nitrogens with one attached hydrogen (secondary N) is 1. The molecule has 0 radical (unpaired) electrons. The Morgan fingerprint density at radius 1 is 1.10 bits per heavy atom. The van der Waals surface area contributed by atoms with Crippen molar-refractivity contribution in [2.75, 3.05) is 25.3 Å². The van der Waals surface area contributed by atoms with Crippen molar-refractivity contribution >= 4 is 40.9 Å². The Bertz CT molecular complexity index is 1060. The van der Waals surface area contributed by atoms with Crippen LogP contribution in [0.1, 0.15) is 16.2 Å². The molecule has 0 saturated carbocycles. The Morgan fingerprint density at radius 3 is 2.55 bits per heavy atom. The van der Waals surface area contributed by atoms with E-state index in [0.29, 0.717) is 16.5 Å². The summed E-state index contributed by atoms with van der Waals surface area (Å²) in [6, 6.07) is 11.5. The number of amides is 1. The zero-order valence-electron chi connectivity index (χ0n) is 16.6. The topological polar surface area (TPSA) is 113 Å². The number of esters is 1. The Balaban J connectivity index is 1.50. The number of anilines is 1. The zero-order chi connectivity index (χ0) is 22.2. The maximum Gasteiger partial charge on any atom is 0.337 e. The van der Waals surface area contributed by atoms with Crippen LogP contribution in [0.3, 0.4) is 0 Å². The van der Waals surface area contributed by atoms with E-state index in [-0.39, 0.29) is 34.9 Å². The highest BCUT2D eigenvalue weighted by atomic mass is 35.5. The molecular weight excluding hydrogens is 446 g/mol. The van der Waals surface area contributed by atoms with Gasteiger partial charge in [0, 0.05) is 0 Å². The molecule has 0 unspecified atom stereocenters. The second-order valence-electron chi connectivity index (χ2n) is 5.95. The number of carbonyl (C=O) groups is 2. The Hall–Kier alpha value is -3.24. The molecule has 11 heteroatoms. The number of carbonyl (C=O) groups excluding carboxylic acids is 2. The van der Waals surface area contributed by atoms with Crippen LogP contribution in [0.15, 0.2) is 52.1 Å². The fourth-order valence-electron chi connectivity index (χ4n) is 2.35. The molecule has 9 nitrogen and oxygen atoms in total. The third kappa shape index (κ3) is 6.37. The van der Waals surface area contributed by atoms with Crippen LogP contribution in [-0.2, 0) is 16.1 Å². The number of hydrogen-bond acceptors (Lipinski definition) is 9. The molecule has 3 rings (SSSR count). The second-order valence-corrected chi connectivity index (χ2v) is 7.28. The zero-order valence-corrected chi connectivity index (χ0v) is 18.2. The van der Waals surface area contributed by atoms with Crippen LogP contribution in [-0.4, -0.2) is 42.0 Å². The van der Waals surface area contributed by atoms with Gasteiger partial charge in [0.25, 0.3) is 11.1 Å². The van der Waals surface area contributed by atoms with Crippen LogP contribution < -0.4 is 14.8 Å². The molecule has 0 aliphatic heterocycles. The maximum atomic E-state index is 12.2. The third-order valence-electron chi connectivity index (χ3n) is 3.86. The monoisotopic (exact) mass is 463 g/mol. The number of rotatable bonds is 9. The summed E-state index contributed by atoms with van der Waals surface area (Å²) >= 11 is 7.13. The minimum absolute atomic E-state index is 0.000247. The fourth-order valence-corrected chi connectivity index (χ4v) is 3.10. The van der Waals surface area contributed by atoms with Gasteiger partial charge in [0.1, 0.15) is 11.5 Å². The Labute approximate surface area is 187 Å². The molecule has 0 atom stereocenters. The Morgan fingerprint density at radius 2 is 1.84 bits per heavy atom. The summed E-state index contributed by atoms with van der Waals surface area (Å²) in [4.78, 5) is 23.8. The first-order chi connectivity index (χ1) is 15.0. The number of ether oxygens (including phenoxy) is 3. The highest BCUT2D eigenvalue weighted by Crippen LogP contribution is 2.25. The number of methoxy groups -OCH3 is 2. The van der Waals surface area contributed by atoms with E-state index in [1.165, 1.54) is 25.3 Å². The van der Waals surface area contributed by atoms with E-state index in [1.807, 2.05) is 0 Å². The standard InChI is InChI=1S/C20H18ClN3O6S/c1-27-13-4-6-14(7-5-13)29-10-18-23-24-20(30-18)31-11-17(25)22-16-9-12(19(26)28-2)3-8-15(16)21/h3-9H,10-11H2,1-2H3,(H,22,25). The lowest BCUT2D eigenvalue weighted by Gasteiger charge is -2.08. The van der Waals surface area contributed by atoms with Crippen molar-refractivity contribution in [1.82, 2.24) is 10.2 Å². The summed E-state index contributed by atoms with van der Waals surface area (Å²) in [7, 11) is 2.86. The van der Waals surface area contributed by atoms with E-state index in [1.54, 1.807) is 31.4 Å². The molecule has 0 aliphatic carbocycles. The molecular formula is C20H18ClN3O6S. The third-order valence-corrected chi connectivity index (χ3v) is 5.01. The predicted octanol–water partition coefficient (Wildman–Crippen LogP) is 3.83. The van der Waals surface area contributed by atoms with E-state index in [2.05, 4.69) is 20.3 Å². The lowest BCUT2D eigenvalue weighted by Crippen LogP contribution is -2.15. The predicted molar refractivity (Wildman–Crippen MR) is 114 cm³/mol. The highest BCUT2D eigenvalue weighted by molar-refractivity contribution is 7.99. The molecule has 0 saturated heterocycles. The highest BCUT2D eigenvalue weighted by Gasteiger charge is 2.14. The lowest BCUT2D eigenvalue weighted by molar-refractivity contribution is -0.113. The quantitative estimate of drug-likeness (QED) is 0.373. The van der Waals surface area contributed by atoms with Crippen LogP contribution in [0, 0.1) is 0 Å². The van der Waals surface area contributed by atoms with Gasteiger partial charge in [-0.05, 0) is 42.5 Å². The van der Waals surface area contributed by atoms with E-state index >= 15 is 0 Å². The van der Waals surface area contributed by atoms with Gasteiger partial charge in [-0.2, -0.15) is 0 Å². The van der Waals surface area contributed by atoms with Crippen LogP contribution in [0.4, 0.5) is 5.69 Å². The molecule has 1 amide bonds. The number of benzene rings is 2. The number of thioether (sulfide) groups is 1. The summed E-state index contributed by atoms with van der Waals surface area (Å²) < 4.78 is 20.8. The van der Waals surface area contributed by atoms with E-state index < -0.39 is 5.97 Å². The van der Waals surface area contributed by atoms with Crippen molar-refractivity contribution in [3.05, 3.63) is 58.9 Å². The Kier molecular flexibility index (Phi) is 7.74. The van der Waals surface area contributed by atoms with Crippen molar-refractivity contribution < 1.29 is 28.2 Å². The molecule has 3 aromatic rings. The first-order valence-electron chi connectivity index (χ1n) is 8.88. The first kappa shape index (κ1) is 22.4. The van der Waals surface area contributed by atoms with Crippen molar-refractivity contribution in [2.45, 2.75) is 11.8 Å². The molecule has 162 valence electrons. The molecule has 0 aliphatic rings. The van der Waals surface area contributed by atoms with Gasteiger partial charge in [-0.1, -0.05) is 23.4 Å². The summed E-state index contributed by atoms with van der Waals surface area (Å²) in [6.07, 6.45) is 0. The van der Waals surface area contributed by atoms with Crippen molar-refractivity contribution in [2.24, 2.45) is 0 Å². The summed E-state index contributed by atoms with van der Waals surface area (Å²) in [5.74, 6) is 0.728. The van der Waals surface area contributed by atoms with Gasteiger partial charge >= 0.3 is 5.97 Å². The smallest absolute Gasteiger partial charge is 0.337 e. The first-order valence-corrected chi connectivity index (χ1v) is 10.2. The largest absolute Gasteiger partial charge is 0.497 e. The van der Waals surface area contributed by atoms with Crippen LogP contribution in [0.25, 0.3) is 0 Å². The molecule has 2 aromatic carbocycles. The van der Waals surface area contributed by atoms with Gasteiger partial charge in [0.05, 0.1) is 36.2 Å². The number of halogens is 1. The van der Waals surface area contributed by atoms with Crippen molar-refractivity contribution in [3.63, 3.8) is 0 Å². The van der Waals surface area contributed by atoms with Gasteiger partial charge in [0.2, 0.25) is 5.91 Å². The van der Waals surface area contributed by atoms with Crippen LogP contribution in [0.2, 0.25) is 5.02 Å². The molecule has 1 N–H and O–H groups in total. The van der Waals surface area contributed by atoms with Crippen molar-refractivity contribution in [1.29, 1.82) is 0 Å². The molecule has 1 aromatic heterocycles. The summed E-state index contributed by atoms with van der Waals surface area (Å²) in [6.45, 7) is 0.0853. The van der Waals surface area contributed by atoms with Crippen molar-refractivity contribution in [3.8, 4) is 11.5 Å². The number of hydrogen-bond donors (Lipinski definition) is 1. The van der Waals surface area contributed by atoms with Gasteiger partial charge < -0.3 is 23.9 Å². The number of nitrogens with zero attached hydrogens (tertiary/aromatic N) is 2. The maximum absolute atomic E-state index is 12.2. The molecule has 0 spiro atoms. The van der Waals surface area contributed by atoms with Gasteiger partial charge in [-0.3, -0.25) is 4.79 Å².